The molecule has 0 fully saturated rings. The molecule has 0 amide bonds. The Bertz CT molecular complexity index is 1290. The van der Waals surface area contributed by atoms with Crippen molar-refractivity contribution in [1.29, 1.82) is 0 Å². The van der Waals surface area contributed by atoms with Crippen LogP contribution in [0.2, 0.25) is 0 Å². The number of quaternary nitrogens is 1. The lowest BCUT2D eigenvalue weighted by atomic mass is 10.0. The molecule has 0 heterocycles. The van der Waals surface area contributed by atoms with Gasteiger partial charge in [0.15, 0.2) is 12.4 Å². The van der Waals surface area contributed by atoms with Gasteiger partial charge in [0.05, 0.1) is 40.3 Å². The van der Waals surface area contributed by atoms with Crippen LogP contribution in [-0.2, 0) is 33.3 Å². The second kappa shape index (κ2) is 55.7. The van der Waals surface area contributed by atoms with E-state index in [1.54, 1.807) is 0 Å². The van der Waals surface area contributed by atoms with Crippen molar-refractivity contribution in [1.82, 2.24) is 0 Å². The van der Waals surface area contributed by atoms with Gasteiger partial charge in [-0.15, -0.1) is 0 Å². The number of carbonyl (C=O) groups excluding carboxylic acids is 3. The number of hydrogen-bond donors (Lipinski definition) is 0. The van der Waals surface area contributed by atoms with Gasteiger partial charge in [-0.1, -0.05) is 269 Å². The van der Waals surface area contributed by atoms with E-state index in [2.05, 4.69) is 50.3 Å². The topological polar surface area (TPSA) is 111 Å². The number of allylic oxidation sites excluding steroid dienone is 6. The molecular weight excluding hydrogens is 911 g/mol. The van der Waals surface area contributed by atoms with Gasteiger partial charge in [-0.3, -0.25) is 9.59 Å². The van der Waals surface area contributed by atoms with E-state index >= 15 is 0 Å². The molecule has 2 unspecified atom stereocenters. The highest BCUT2D eigenvalue weighted by atomic mass is 16.7. The molecule has 0 aliphatic carbocycles. The Hall–Kier alpha value is -2.49. The summed E-state index contributed by atoms with van der Waals surface area (Å²) < 4.78 is 22.8. The molecule has 428 valence electrons. The lowest BCUT2D eigenvalue weighted by Crippen LogP contribution is -2.44. The fraction of sp³-hybridized carbons (Fsp3) is 0.859. The minimum atomic E-state index is -1.62. The quantitative estimate of drug-likeness (QED) is 0.0195. The van der Waals surface area contributed by atoms with E-state index in [4.69, 9.17) is 18.9 Å². The van der Waals surface area contributed by atoms with E-state index < -0.39 is 24.3 Å². The Morgan fingerprint density at radius 3 is 1.10 bits per heavy atom. The van der Waals surface area contributed by atoms with Crippen LogP contribution in [0.3, 0.4) is 0 Å². The van der Waals surface area contributed by atoms with Gasteiger partial charge in [0.25, 0.3) is 0 Å². The molecule has 0 N–H and O–H groups in total. The standard InChI is InChI=1S/C64H119NO8/c1-6-8-10-12-14-16-18-20-22-24-26-28-29-30-31-32-33-35-37-39-41-43-45-47-49-51-53-55-62(67)73-60(59-72-64(63(68)69)70-57-56-65(3,4)5)58-71-61(66)54-52-50-48-46-44-42-40-38-36-34-27-25-23-21-19-17-15-13-11-9-7-2/h18,20,24,26,29-30,60,64H,6-17,19,21-23,25,27-28,31-59H2,1-5H3/b20-18-,26-24-,30-29-. The normalized spacial score (nSPS) is 12.9. The molecule has 0 rings (SSSR count). The van der Waals surface area contributed by atoms with Crippen molar-refractivity contribution >= 4 is 17.9 Å². The van der Waals surface area contributed by atoms with Crippen LogP contribution in [0.4, 0.5) is 0 Å². The van der Waals surface area contributed by atoms with Crippen molar-refractivity contribution < 1.29 is 42.9 Å². The third-order valence-corrected chi connectivity index (χ3v) is 13.9. The molecule has 0 aromatic rings. The van der Waals surface area contributed by atoms with Crippen molar-refractivity contribution in [2.45, 2.75) is 309 Å². The van der Waals surface area contributed by atoms with Crippen LogP contribution in [-0.4, -0.2) is 82.3 Å². The summed E-state index contributed by atoms with van der Waals surface area (Å²) in [7, 11) is 5.93. The predicted molar refractivity (Wildman–Crippen MR) is 306 cm³/mol. The molecule has 2 atom stereocenters. The van der Waals surface area contributed by atoms with Gasteiger partial charge in [-0.25, -0.2) is 0 Å². The number of carboxylic acids is 1. The van der Waals surface area contributed by atoms with E-state index in [9.17, 15) is 19.5 Å². The van der Waals surface area contributed by atoms with Gasteiger partial charge < -0.3 is 33.3 Å². The molecule has 0 saturated carbocycles. The predicted octanol–water partition coefficient (Wildman–Crippen LogP) is 17.1. The molecule has 73 heavy (non-hydrogen) atoms. The highest BCUT2D eigenvalue weighted by molar-refractivity contribution is 5.70. The third-order valence-electron chi connectivity index (χ3n) is 13.9. The third kappa shape index (κ3) is 57.1. The average molecular weight is 1030 g/mol. The molecular formula is C64H119NO8. The number of nitrogens with zero attached hydrogens (tertiary/aromatic N) is 1. The molecule has 9 nitrogen and oxygen atoms in total. The summed E-state index contributed by atoms with van der Waals surface area (Å²) in [5.41, 5.74) is 0. The van der Waals surface area contributed by atoms with E-state index in [1.165, 1.54) is 212 Å². The van der Waals surface area contributed by atoms with Gasteiger partial charge >= 0.3 is 11.9 Å². The highest BCUT2D eigenvalue weighted by Crippen LogP contribution is 2.17. The summed E-state index contributed by atoms with van der Waals surface area (Å²) >= 11 is 0. The largest absolute Gasteiger partial charge is 0.545 e. The SMILES string of the molecule is CCCCCCC/C=C\C/C=C\C/C=C\CCCCCCCCCCCCCCC(=O)OC(COC(=O)CCCCCCCCCCCCCCCCCCCCCCC)COC(OCC[N+](C)(C)C)C(=O)[O-]. The molecule has 0 bridgehead atoms. The van der Waals surface area contributed by atoms with E-state index in [-0.39, 0.29) is 32.2 Å². The van der Waals surface area contributed by atoms with Crippen LogP contribution >= 0.6 is 0 Å². The smallest absolute Gasteiger partial charge is 0.306 e. The first kappa shape index (κ1) is 70.5. The number of hydrogen-bond acceptors (Lipinski definition) is 8. The van der Waals surface area contributed by atoms with E-state index in [1.807, 2.05) is 21.1 Å². The van der Waals surface area contributed by atoms with Crippen molar-refractivity contribution in [2.24, 2.45) is 0 Å². The molecule has 0 aromatic heterocycles. The first-order chi connectivity index (χ1) is 35.6. The minimum Gasteiger partial charge on any atom is -0.545 e. The molecule has 0 spiro atoms. The van der Waals surface area contributed by atoms with Crippen molar-refractivity contribution in [3.8, 4) is 0 Å². The minimum absolute atomic E-state index is 0.149. The second-order valence-corrected chi connectivity index (χ2v) is 22.4. The van der Waals surface area contributed by atoms with Crippen molar-refractivity contribution in [2.75, 3.05) is 47.5 Å². The van der Waals surface area contributed by atoms with Gasteiger partial charge in [-0.2, -0.15) is 0 Å². The Morgan fingerprint density at radius 1 is 0.411 bits per heavy atom. The first-order valence-corrected chi connectivity index (χ1v) is 31.1. The summed E-state index contributed by atoms with van der Waals surface area (Å²) in [5.74, 6) is -2.26. The number of esters is 2. The summed E-state index contributed by atoms with van der Waals surface area (Å²) in [5, 5.41) is 11.8. The van der Waals surface area contributed by atoms with Gasteiger partial charge in [0, 0.05) is 12.8 Å². The molecule has 9 heteroatoms. The fourth-order valence-corrected chi connectivity index (χ4v) is 9.08. The monoisotopic (exact) mass is 1030 g/mol. The number of rotatable bonds is 58. The maximum absolute atomic E-state index is 12.9. The van der Waals surface area contributed by atoms with Crippen LogP contribution in [0.15, 0.2) is 36.5 Å². The number of aliphatic carboxylic acids is 1. The zero-order chi connectivity index (χ0) is 53.4. The highest BCUT2D eigenvalue weighted by Gasteiger charge is 2.22. The molecule has 0 saturated heterocycles. The van der Waals surface area contributed by atoms with Crippen LogP contribution < -0.4 is 5.11 Å². The van der Waals surface area contributed by atoms with Gasteiger partial charge in [0.1, 0.15) is 13.2 Å². The second-order valence-electron chi connectivity index (χ2n) is 22.4. The maximum atomic E-state index is 12.9. The van der Waals surface area contributed by atoms with Crippen molar-refractivity contribution in [3.63, 3.8) is 0 Å². The van der Waals surface area contributed by atoms with Crippen LogP contribution in [0.1, 0.15) is 296 Å². The lowest BCUT2D eigenvalue weighted by molar-refractivity contribution is -0.870. The summed E-state index contributed by atoms with van der Waals surface area (Å²) in [4.78, 5) is 37.4. The fourth-order valence-electron chi connectivity index (χ4n) is 9.08. The van der Waals surface area contributed by atoms with Crippen molar-refractivity contribution in [3.05, 3.63) is 36.5 Å². The molecule has 0 aliphatic heterocycles. The summed E-state index contributed by atoms with van der Waals surface area (Å²) in [6, 6.07) is 0. The molecule has 0 radical (unpaired) electrons. The molecule has 0 aromatic carbocycles. The number of ether oxygens (including phenoxy) is 4. The van der Waals surface area contributed by atoms with E-state index in [0.29, 0.717) is 23.9 Å². The van der Waals surface area contributed by atoms with Crippen LogP contribution in [0, 0.1) is 0 Å². The van der Waals surface area contributed by atoms with E-state index in [0.717, 1.165) is 51.4 Å². The first-order valence-electron chi connectivity index (χ1n) is 31.1. The van der Waals surface area contributed by atoms with Crippen LogP contribution in [0.5, 0.6) is 0 Å². The van der Waals surface area contributed by atoms with Gasteiger partial charge in [-0.05, 0) is 51.4 Å². The summed E-state index contributed by atoms with van der Waals surface area (Å²) in [6.07, 6.45) is 64.8. The lowest BCUT2D eigenvalue weighted by Gasteiger charge is -2.26. The van der Waals surface area contributed by atoms with Crippen LogP contribution in [0.25, 0.3) is 0 Å². The Balaban J connectivity index is 4.18. The summed E-state index contributed by atoms with van der Waals surface area (Å²) in [6.45, 7) is 4.79. The number of carboxylic acid groups (broad SMARTS) is 1. The zero-order valence-electron chi connectivity index (χ0n) is 48.8. The Kier molecular flexibility index (Phi) is 53.8. The average Bonchev–Trinajstić information content (AvgIpc) is 3.36. The maximum Gasteiger partial charge on any atom is 0.306 e. The molecule has 0 aliphatic rings. The number of carbonyl (C=O) groups is 3. The number of unbranched alkanes of at least 4 members (excludes halogenated alkanes) is 37. The Labute approximate surface area is 451 Å². The number of likely N-dealkylation sites (N-methyl/N-ethyl adjacent to an activating group) is 1. The van der Waals surface area contributed by atoms with Gasteiger partial charge in [0.2, 0.25) is 0 Å². The zero-order valence-corrected chi connectivity index (χ0v) is 48.8. The Morgan fingerprint density at radius 2 is 0.740 bits per heavy atom.